The van der Waals surface area contributed by atoms with Gasteiger partial charge in [0.1, 0.15) is 17.3 Å². The van der Waals surface area contributed by atoms with Crippen LogP contribution in [-0.4, -0.2) is 34.2 Å². The van der Waals surface area contributed by atoms with Crippen LogP contribution in [0.2, 0.25) is 0 Å². The fourth-order valence-corrected chi connectivity index (χ4v) is 4.34. The Morgan fingerprint density at radius 1 is 1.00 bits per heavy atom. The summed E-state index contributed by atoms with van der Waals surface area (Å²) in [5.74, 6) is -0.0820. The number of aryl methyl sites for hydroxylation is 1. The van der Waals surface area contributed by atoms with E-state index in [0.717, 1.165) is 17.7 Å². The zero-order chi connectivity index (χ0) is 21.8. The molecule has 0 atom stereocenters. The minimum absolute atomic E-state index is 0.0373. The summed E-state index contributed by atoms with van der Waals surface area (Å²) in [6.45, 7) is 3.97. The van der Waals surface area contributed by atoms with Gasteiger partial charge in [0.15, 0.2) is 0 Å². The highest BCUT2D eigenvalue weighted by Crippen LogP contribution is 2.25. The number of piperidine rings is 1. The van der Waals surface area contributed by atoms with Crippen LogP contribution < -0.4 is 0 Å². The quantitative estimate of drug-likeness (QED) is 0.567. The van der Waals surface area contributed by atoms with Crippen LogP contribution in [0.3, 0.4) is 0 Å². The van der Waals surface area contributed by atoms with E-state index in [1.54, 1.807) is 12.1 Å². The Hall–Kier alpha value is -3.21. The number of nitrogens with zero attached hydrogens (tertiary/aromatic N) is 2. The molecule has 1 aliphatic rings. The highest BCUT2D eigenvalue weighted by molar-refractivity contribution is 5.93. The average molecular weight is 419 g/mol. The summed E-state index contributed by atoms with van der Waals surface area (Å²) < 4.78 is 16.1. The Morgan fingerprint density at radius 3 is 2.52 bits per heavy atom. The molecular weight excluding hydrogens is 391 g/mol. The lowest BCUT2D eigenvalue weighted by molar-refractivity contribution is -0.123. The van der Waals surface area contributed by atoms with Crippen LogP contribution >= 0.6 is 0 Å². The van der Waals surface area contributed by atoms with Crippen molar-refractivity contribution in [1.29, 1.82) is 0 Å². The predicted molar refractivity (Wildman–Crippen MR) is 119 cm³/mol. The summed E-state index contributed by atoms with van der Waals surface area (Å²) in [7, 11) is 0. The third kappa shape index (κ3) is 4.61. The number of carbonyl (C=O) groups is 2. The summed E-state index contributed by atoms with van der Waals surface area (Å²) >= 11 is 0. The first-order valence-corrected chi connectivity index (χ1v) is 10.9. The van der Waals surface area contributed by atoms with E-state index in [0.29, 0.717) is 43.6 Å². The zero-order valence-corrected chi connectivity index (χ0v) is 17.8. The molecule has 1 saturated heterocycles. The molecule has 4 rings (SSSR count). The molecule has 0 N–H and O–H groups in total. The van der Waals surface area contributed by atoms with Gasteiger partial charge in [-0.25, -0.2) is 4.39 Å². The third-order valence-corrected chi connectivity index (χ3v) is 6.12. The minimum atomic E-state index is -0.266. The molecule has 1 aromatic heterocycles. The predicted octanol–water partition coefficient (Wildman–Crippen LogP) is 4.98. The highest BCUT2D eigenvalue weighted by atomic mass is 19.1. The Bertz CT molecular complexity index is 1080. The second-order valence-corrected chi connectivity index (χ2v) is 8.07. The number of rotatable bonds is 6. The first-order chi connectivity index (χ1) is 15.1. The number of amides is 1. The largest absolute Gasteiger partial charge is 0.344 e. The molecule has 0 aliphatic carbocycles. The van der Waals surface area contributed by atoms with Gasteiger partial charge in [-0.3, -0.25) is 9.59 Å². The van der Waals surface area contributed by atoms with Gasteiger partial charge >= 0.3 is 0 Å². The molecule has 0 saturated carbocycles. The summed E-state index contributed by atoms with van der Waals surface area (Å²) in [5, 5.41) is 0. The van der Waals surface area contributed by atoms with Gasteiger partial charge < -0.3 is 9.47 Å². The molecule has 4 nitrogen and oxygen atoms in total. The minimum Gasteiger partial charge on any atom is -0.344 e. The maximum Gasteiger partial charge on any atom is 0.270 e. The molecule has 2 heterocycles. The summed E-state index contributed by atoms with van der Waals surface area (Å²) in [6.07, 6.45) is 3.62. The molecule has 0 radical (unpaired) electrons. The number of carbonyl (C=O) groups excluding carboxylic acids is 2. The highest BCUT2D eigenvalue weighted by Gasteiger charge is 2.28. The molecule has 1 fully saturated rings. The monoisotopic (exact) mass is 418 g/mol. The SMILES string of the molecule is CCn1cccc1C(=O)N1CCC(C(=O)Cc2cccc(-c3ccccc3F)c2)CC1. The second-order valence-electron chi connectivity index (χ2n) is 8.07. The van der Waals surface area contributed by atoms with Crippen molar-refractivity contribution < 1.29 is 14.0 Å². The van der Waals surface area contributed by atoms with Gasteiger partial charge in [-0.2, -0.15) is 0 Å². The Labute approximate surface area is 182 Å². The standard InChI is InChI=1S/C26H27FN2O2/c1-2-28-14-6-11-24(28)26(31)29-15-12-20(13-16-29)25(30)18-19-7-5-8-21(17-19)22-9-3-4-10-23(22)27/h3-11,14,17,20H,2,12-13,15-16,18H2,1H3. The number of ketones is 1. The Morgan fingerprint density at radius 2 is 1.77 bits per heavy atom. The molecule has 160 valence electrons. The van der Waals surface area contributed by atoms with Gasteiger partial charge in [0, 0.05) is 43.7 Å². The third-order valence-electron chi connectivity index (χ3n) is 6.12. The van der Waals surface area contributed by atoms with E-state index in [-0.39, 0.29) is 23.4 Å². The molecule has 1 aliphatic heterocycles. The molecule has 0 spiro atoms. The zero-order valence-electron chi connectivity index (χ0n) is 17.8. The van der Waals surface area contributed by atoms with Crippen molar-refractivity contribution in [1.82, 2.24) is 9.47 Å². The number of hydrogen-bond acceptors (Lipinski definition) is 2. The molecule has 0 unspecified atom stereocenters. The lowest BCUT2D eigenvalue weighted by Crippen LogP contribution is -2.41. The van der Waals surface area contributed by atoms with Crippen molar-refractivity contribution in [3.05, 3.63) is 83.9 Å². The Balaban J connectivity index is 1.37. The molecule has 2 aromatic carbocycles. The molecule has 5 heteroatoms. The van der Waals surface area contributed by atoms with E-state index < -0.39 is 0 Å². The molecule has 1 amide bonds. The van der Waals surface area contributed by atoms with E-state index >= 15 is 0 Å². The smallest absolute Gasteiger partial charge is 0.270 e. The van der Waals surface area contributed by atoms with Crippen LogP contribution in [0.1, 0.15) is 35.8 Å². The summed E-state index contributed by atoms with van der Waals surface area (Å²) in [6, 6.07) is 18.0. The number of hydrogen-bond donors (Lipinski definition) is 0. The topological polar surface area (TPSA) is 42.3 Å². The lowest BCUT2D eigenvalue weighted by Gasteiger charge is -2.31. The van der Waals surface area contributed by atoms with Crippen molar-refractivity contribution in [2.24, 2.45) is 5.92 Å². The summed E-state index contributed by atoms with van der Waals surface area (Å²) in [5.41, 5.74) is 2.92. The number of benzene rings is 2. The van der Waals surface area contributed by atoms with Crippen molar-refractivity contribution in [2.75, 3.05) is 13.1 Å². The normalized spacial score (nSPS) is 14.6. The number of Topliss-reactive ketones (excluding diaryl/α,β-unsaturated/α-hetero) is 1. The maximum atomic E-state index is 14.1. The second kappa shape index (κ2) is 9.29. The van der Waals surface area contributed by atoms with E-state index in [4.69, 9.17) is 0 Å². The number of aromatic nitrogens is 1. The first kappa shape index (κ1) is 21.0. The van der Waals surface area contributed by atoms with Crippen molar-refractivity contribution in [3.8, 4) is 11.1 Å². The fourth-order valence-electron chi connectivity index (χ4n) is 4.34. The molecule has 31 heavy (non-hydrogen) atoms. The van der Waals surface area contributed by atoms with Crippen LogP contribution in [0.15, 0.2) is 66.9 Å². The van der Waals surface area contributed by atoms with E-state index in [1.165, 1.54) is 6.07 Å². The number of halogens is 1. The number of likely N-dealkylation sites (tertiary alicyclic amines) is 1. The van der Waals surface area contributed by atoms with Gasteiger partial charge in [0.2, 0.25) is 0 Å². The lowest BCUT2D eigenvalue weighted by atomic mass is 9.88. The van der Waals surface area contributed by atoms with Crippen molar-refractivity contribution >= 4 is 11.7 Å². The van der Waals surface area contributed by atoms with Gasteiger partial charge in [0.25, 0.3) is 5.91 Å². The first-order valence-electron chi connectivity index (χ1n) is 10.9. The van der Waals surface area contributed by atoms with Crippen molar-refractivity contribution in [3.63, 3.8) is 0 Å². The van der Waals surface area contributed by atoms with Gasteiger partial charge in [-0.1, -0.05) is 42.5 Å². The van der Waals surface area contributed by atoms with E-state index in [2.05, 4.69) is 0 Å². The van der Waals surface area contributed by atoms with E-state index in [9.17, 15) is 14.0 Å². The van der Waals surface area contributed by atoms with Crippen LogP contribution in [0, 0.1) is 11.7 Å². The fraction of sp³-hybridized carbons (Fsp3) is 0.308. The summed E-state index contributed by atoms with van der Waals surface area (Å²) in [4.78, 5) is 27.6. The van der Waals surface area contributed by atoms with Gasteiger partial charge in [0.05, 0.1) is 0 Å². The van der Waals surface area contributed by atoms with Gasteiger partial charge in [-0.05, 0) is 49.1 Å². The molecule has 0 bridgehead atoms. The average Bonchev–Trinajstić information content (AvgIpc) is 3.28. The molecular formula is C26H27FN2O2. The van der Waals surface area contributed by atoms with E-state index in [1.807, 2.05) is 65.1 Å². The van der Waals surface area contributed by atoms with Crippen LogP contribution in [0.25, 0.3) is 11.1 Å². The van der Waals surface area contributed by atoms with Crippen LogP contribution in [-0.2, 0) is 17.8 Å². The Kier molecular flexibility index (Phi) is 6.31. The maximum absolute atomic E-state index is 14.1. The molecule has 3 aromatic rings. The van der Waals surface area contributed by atoms with Gasteiger partial charge in [-0.15, -0.1) is 0 Å². The van der Waals surface area contributed by atoms with Crippen LogP contribution in [0.5, 0.6) is 0 Å². The van der Waals surface area contributed by atoms with Crippen LogP contribution in [0.4, 0.5) is 4.39 Å². The van der Waals surface area contributed by atoms with Crippen molar-refractivity contribution in [2.45, 2.75) is 32.7 Å².